The van der Waals surface area contributed by atoms with Crippen LogP contribution in [0.4, 0.5) is 0 Å². The number of nitrogens with one attached hydrogen (secondary N) is 1. The van der Waals surface area contributed by atoms with Gasteiger partial charge in [-0.25, -0.2) is 0 Å². The Morgan fingerprint density at radius 2 is 2.10 bits per heavy atom. The fourth-order valence-electron chi connectivity index (χ4n) is 2.36. The number of carbonyl (C=O) groups is 1. The summed E-state index contributed by atoms with van der Waals surface area (Å²) < 4.78 is 5.74. The van der Waals surface area contributed by atoms with Crippen molar-refractivity contribution in [2.45, 2.75) is 45.6 Å². The largest absolute Gasteiger partial charge is 0.493 e. The summed E-state index contributed by atoms with van der Waals surface area (Å²) in [6.07, 6.45) is 1.82. The quantitative estimate of drug-likeness (QED) is 0.718. The van der Waals surface area contributed by atoms with Gasteiger partial charge in [0.15, 0.2) is 0 Å². The molecule has 0 amide bonds. The average Bonchev–Trinajstić information content (AvgIpc) is 2.41. The van der Waals surface area contributed by atoms with Gasteiger partial charge in [-0.1, -0.05) is 24.6 Å². The molecule has 112 valence electrons. The summed E-state index contributed by atoms with van der Waals surface area (Å²) in [7, 11) is 1.70. The Morgan fingerprint density at radius 3 is 2.60 bits per heavy atom. The van der Waals surface area contributed by atoms with Crippen LogP contribution in [0.3, 0.4) is 0 Å². The van der Waals surface area contributed by atoms with E-state index in [1.165, 1.54) is 5.56 Å². The highest BCUT2D eigenvalue weighted by Crippen LogP contribution is 2.21. The maximum Gasteiger partial charge on any atom is 0.323 e. The molecular weight excluding hydrogens is 254 g/mol. The van der Waals surface area contributed by atoms with Gasteiger partial charge in [-0.3, -0.25) is 4.79 Å². The molecule has 0 aliphatic rings. The Bertz CT molecular complexity index is 453. The minimum Gasteiger partial charge on any atom is -0.493 e. The van der Waals surface area contributed by atoms with Crippen molar-refractivity contribution in [2.24, 2.45) is 0 Å². The smallest absolute Gasteiger partial charge is 0.323 e. The number of carboxylic acid groups (broad SMARTS) is 1. The first-order chi connectivity index (χ1) is 9.45. The van der Waals surface area contributed by atoms with Gasteiger partial charge >= 0.3 is 5.97 Å². The average molecular weight is 279 g/mol. The predicted octanol–water partition coefficient (Wildman–Crippen LogP) is 2.92. The molecule has 0 aromatic heterocycles. The maximum atomic E-state index is 11.3. The van der Waals surface area contributed by atoms with E-state index in [-0.39, 0.29) is 0 Å². The van der Waals surface area contributed by atoms with Crippen LogP contribution in [0.1, 0.15) is 37.3 Å². The van der Waals surface area contributed by atoms with Gasteiger partial charge in [0.05, 0.1) is 6.61 Å². The van der Waals surface area contributed by atoms with E-state index < -0.39 is 11.5 Å². The first-order valence-electron chi connectivity index (χ1n) is 7.07. The summed E-state index contributed by atoms with van der Waals surface area (Å²) in [4.78, 5) is 11.3. The van der Waals surface area contributed by atoms with E-state index in [1.54, 1.807) is 7.05 Å². The van der Waals surface area contributed by atoms with E-state index >= 15 is 0 Å². The predicted molar refractivity (Wildman–Crippen MR) is 80.4 cm³/mol. The SMILES string of the molecule is CCC(CCCOc1ccc(C)cc1C)(NC)C(=O)O. The van der Waals surface area contributed by atoms with Gasteiger partial charge in [0.25, 0.3) is 0 Å². The molecule has 0 saturated carbocycles. The lowest BCUT2D eigenvalue weighted by molar-refractivity contribution is -0.145. The summed E-state index contributed by atoms with van der Waals surface area (Å²) in [5.41, 5.74) is 1.48. The van der Waals surface area contributed by atoms with Gasteiger partial charge in [0, 0.05) is 0 Å². The highest BCUT2D eigenvalue weighted by atomic mass is 16.5. The molecule has 1 aromatic rings. The number of benzene rings is 1. The number of ether oxygens (including phenoxy) is 1. The highest BCUT2D eigenvalue weighted by Gasteiger charge is 2.34. The molecule has 0 spiro atoms. The summed E-state index contributed by atoms with van der Waals surface area (Å²) in [6.45, 7) is 6.48. The first kappa shape index (κ1) is 16.5. The van der Waals surface area contributed by atoms with Crippen LogP contribution in [0.5, 0.6) is 5.75 Å². The van der Waals surface area contributed by atoms with Crippen LogP contribution in [0.25, 0.3) is 0 Å². The van der Waals surface area contributed by atoms with Gasteiger partial charge in [-0.2, -0.15) is 0 Å². The number of likely N-dealkylation sites (N-methyl/N-ethyl adjacent to an activating group) is 1. The molecule has 0 aliphatic heterocycles. The number of hydrogen-bond acceptors (Lipinski definition) is 3. The van der Waals surface area contributed by atoms with Crippen molar-refractivity contribution in [1.82, 2.24) is 5.32 Å². The molecule has 4 heteroatoms. The molecule has 0 heterocycles. The second-order valence-electron chi connectivity index (χ2n) is 5.21. The molecule has 4 nitrogen and oxygen atoms in total. The first-order valence-corrected chi connectivity index (χ1v) is 7.07. The van der Waals surface area contributed by atoms with E-state index in [0.717, 1.165) is 11.3 Å². The van der Waals surface area contributed by atoms with E-state index in [1.807, 2.05) is 32.9 Å². The maximum absolute atomic E-state index is 11.3. The molecule has 0 fully saturated rings. The second kappa shape index (κ2) is 7.29. The monoisotopic (exact) mass is 279 g/mol. The molecule has 1 aromatic carbocycles. The number of hydrogen-bond donors (Lipinski definition) is 2. The van der Waals surface area contributed by atoms with E-state index in [2.05, 4.69) is 11.4 Å². The summed E-state index contributed by atoms with van der Waals surface area (Å²) in [6, 6.07) is 6.06. The van der Waals surface area contributed by atoms with Crippen molar-refractivity contribution in [2.75, 3.05) is 13.7 Å². The number of rotatable bonds is 8. The Labute approximate surface area is 121 Å². The lowest BCUT2D eigenvalue weighted by Gasteiger charge is -2.27. The fourth-order valence-corrected chi connectivity index (χ4v) is 2.36. The summed E-state index contributed by atoms with van der Waals surface area (Å²) >= 11 is 0. The van der Waals surface area contributed by atoms with Crippen molar-refractivity contribution < 1.29 is 14.6 Å². The van der Waals surface area contributed by atoms with Crippen LogP contribution >= 0.6 is 0 Å². The number of aryl methyl sites for hydroxylation is 2. The molecule has 0 radical (unpaired) electrons. The minimum absolute atomic E-state index is 0.528. The fraction of sp³-hybridized carbons (Fsp3) is 0.562. The molecule has 0 saturated heterocycles. The van der Waals surface area contributed by atoms with Crippen LogP contribution in [-0.4, -0.2) is 30.3 Å². The summed E-state index contributed by atoms with van der Waals surface area (Å²) in [5, 5.41) is 12.2. The minimum atomic E-state index is -0.842. The van der Waals surface area contributed by atoms with Crippen LogP contribution in [0.2, 0.25) is 0 Å². The molecule has 1 rings (SSSR count). The van der Waals surface area contributed by atoms with Crippen LogP contribution in [0, 0.1) is 13.8 Å². The molecule has 0 bridgehead atoms. The number of carboxylic acids is 1. The zero-order valence-corrected chi connectivity index (χ0v) is 12.8. The van der Waals surface area contributed by atoms with Crippen molar-refractivity contribution in [3.63, 3.8) is 0 Å². The van der Waals surface area contributed by atoms with Crippen LogP contribution in [-0.2, 0) is 4.79 Å². The van der Waals surface area contributed by atoms with Gasteiger partial charge in [-0.05, 0) is 51.8 Å². The van der Waals surface area contributed by atoms with Crippen molar-refractivity contribution in [3.8, 4) is 5.75 Å². The molecule has 0 aliphatic carbocycles. The molecule has 1 unspecified atom stereocenters. The zero-order chi connectivity index (χ0) is 15.2. The molecule has 1 atom stereocenters. The van der Waals surface area contributed by atoms with E-state index in [4.69, 9.17) is 4.74 Å². The van der Waals surface area contributed by atoms with Gasteiger partial charge < -0.3 is 15.2 Å². The van der Waals surface area contributed by atoms with Gasteiger partial charge in [0.1, 0.15) is 11.3 Å². The standard InChI is InChI=1S/C16H25NO3/c1-5-16(17-4,15(18)19)9-6-10-20-14-8-7-12(2)11-13(14)3/h7-8,11,17H,5-6,9-10H2,1-4H3,(H,18,19). The lowest BCUT2D eigenvalue weighted by atomic mass is 9.91. The van der Waals surface area contributed by atoms with Gasteiger partial charge in [-0.15, -0.1) is 0 Å². The summed E-state index contributed by atoms with van der Waals surface area (Å²) in [5.74, 6) is 0.0755. The van der Waals surface area contributed by atoms with Crippen molar-refractivity contribution >= 4 is 5.97 Å². The number of aliphatic carboxylic acids is 1. The van der Waals surface area contributed by atoms with E-state index in [9.17, 15) is 9.90 Å². The zero-order valence-electron chi connectivity index (χ0n) is 12.8. The highest BCUT2D eigenvalue weighted by molar-refractivity contribution is 5.78. The van der Waals surface area contributed by atoms with Crippen molar-refractivity contribution in [3.05, 3.63) is 29.3 Å². The van der Waals surface area contributed by atoms with Crippen molar-refractivity contribution in [1.29, 1.82) is 0 Å². The van der Waals surface area contributed by atoms with E-state index in [0.29, 0.717) is 25.9 Å². The lowest BCUT2D eigenvalue weighted by Crippen LogP contribution is -2.50. The third-order valence-electron chi connectivity index (χ3n) is 3.83. The Balaban J connectivity index is 2.50. The second-order valence-corrected chi connectivity index (χ2v) is 5.21. The van der Waals surface area contributed by atoms with Gasteiger partial charge in [0.2, 0.25) is 0 Å². The Kier molecular flexibility index (Phi) is 6.02. The van der Waals surface area contributed by atoms with Crippen LogP contribution in [0.15, 0.2) is 18.2 Å². The normalized spacial score (nSPS) is 13.8. The Morgan fingerprint density at radius 1 is 1.40 bits per heavy atom. The molecule has 20 heavy (non-hydrogen) atoms. The Hall–Kier alpha value is -1.55. The molecule has 2 N–H and O–H groups in total. The third kappa shape index (κ3) is 3.97. The van der Waals surface area contributed by atoms with Crippen LogP contribution < -0.4 is 10.1 Å². The molecular formula is C16H25NO3. The topological polar surface area (TPSA) is 58.6 Å². The third-order valence-corrected chi connectivity index (χ3v) is 3.83.